The minimum absolute atomic E-state index is 0.265. The van der Waals surface area contributed by atoms with Crippen molar-refractivity contribution in [3.63, 3.8) is 0 Å². The molecule has 0 fully saturated rings. The van der Waals surface area contributed by atoms with Crippen molar-refractivity contribution in [2.75, 3.05) is 10.6 Å². The third kappa shape index (κ3) is 3.29. The van der Waals surface area contributed by atoms with E-state index < -0.39 is 6.09 Å². The van der Waals surface area contributed by atoms with Gasteiger partial charge in [-0.2, -0.15) is 0 Å². The number of rotatable bonds is 3. The summed E-state index contributed by atoms with van der Waals surface area (Å²) in [7, 11) is 0. The molecule has 7 nitrogen and oxygen atoms in total. The van der Waals surface area contributed by atoms with Crippen molar-refractivity contribution in [1.82, 2.24) is 9.97 Å². The van der Waals surface area contributed by atoms with Gasteiger partial charge in [-0.3, -0.25) is 15.1 Å². The lowest BCUT2D eigenvalue weighted by atomic mass is 10.1. The molecule has 3 N–H and O–H groups in total. The van der Waals surface area contributed by atoms with Crippen molar-refractivity contribution >= 4 is 23.5 Å². The topological polar surface area (TPSA) is 104 Å². The predicted octanol–water partition coefficient (Wildman–Crippen LogP) is 2.19. The van der Waals surface area contributed by atoms with Gasteiger partial charge in [0.2, 0.25) is 5.91 Å². The average molecular weight is 272 g/mol. The van der Waals surface area contributed by atoms with Crippen LogP contribution in [0, 0.1) is 0 Å². The van der Waals surface area contributed by atoms with E-state index in [1.807, 2.05) is 0 Å². The van der Waals surface area contributed by atoms with Gasteiger partial charge in [-0.25, -0.2) is 9.78 Å². The highest BCUT2D eigenvalue weighted by molar-refractivity contribution is 5.93. The number of hydrogen-bond donors (Lipinski definition) is 3. The van der Waals surface area contributed by atoms with Crippen LogP contribution < -0.4 is 10.6 Å². The van der Waals surface area contributed by atoms with Gasteiger partial charge in [0.15, 0.2) is 0 Å². The number of nitrogens with zero attached hydrogens (tertiary/aromatic N) is 2. The second-order valence-corrected chi connectivity index (χ2v) is 3.94. The number of amides is 2. The molecule has 0 unspecified atom stereocenters. The van der Waals surface area contributed by atoms with E-state index in [1.165, 1.54) is 19.2 Å². The molecular formula is C13H12N4O3. The molecule has 20 heavy (non-hydrogen) atoms. The molecule has 0 spiro atoms. The highest BCUT2D eigenvalue weighted by Crippen LogP contribution is 2.27. The summed E-state index contributed by atoms with van der Waals surface area (Å²) in [6.45, 7) is 1.35. The number of carboxylic acid groups (broad SMARTS) is 1. The summed E-state index contributed by atoms with van der Waals surface area (Å²) in [5.41, 5.74) is 1.41. The van der Waals surface area contributed by atoms with Gasteiger partial charge >= 0.3 is 6.09 Å². The Kier molecular flexibility index (Phi) is 3.90. The van der Waals surface area contributed by atoms with Crippen LogP contribution in [0.3, 0.4) is 0 Å². The Morgan fingerprint density at radius 1 is 1.20 bits per heavy atom. The Labute approximate surface area is 114 Å². The minimum atomic E-state index is -1.21. The first kappa shape index (κ1) is 13.5. The van der Waals surface area contributed by atoms with Crippen LogP contribution in [0.1, 0.15) is 6.92 Å². The number of carbonyl (C=O) groups excluding carboxylic acids is 1. The van der Waals surface area contributed by atoms with Crippen LogP contribution >= 0.6 is 0 Å². The van der Waals surface area contributed by atoms with Crippen LogP contribution in [0.25, 0.3) is 11.3 Å². The van der Waals surface area contributed by atoms with Crippen LogP contribution in [0.15, 0.2) is 36.7 Å². The van der Waals surface area contributed by atoms with E-state index in [1.54, 1.807) is 24.4 Å². The van der Waals surface area contributed by atoms with Gasteiger partial charge in [-0.05, 0) is 12.1 Å². The predicted molar refractivity (Wildman–Crippen MR) is 73.4 cm³/mol. The van der Waals surface area contributed by atoms with Crippen molar-refractivity contribution in [3.8, 4) is 11.3 Å². The Morgan fingerprint density at radius 3 is 2.60 bits per heavy atom. The van der Waals surface area contributed by atoms with E-state index in [4.69, 9.17) is 5.11 Å². The fourth-order valence-electron chi connectivity index (χ4n) is 1.65. The zero-order valence-electron chi connectivity index (χ0n) is 10.6. The highest BCUT2D eigenvalue weighted by atomic mass is 16.4. The Bertz CT molecular complexity index is 643. The molecule has 2 rings (SSSR count). The van der Waals surface area contributed by atoms with E-state index in [0.29, 0.717) is 16.9 Å². The summed E-state index contributed by atoms with van der Waals surface area (Å²) in [6.07, 6.45) is 1.85. The van der Waals surface area contributed by atoms with Gasteiger partial charge in [-0.1, -0.05) is 6.07 Å². The number of pyridine rings is 2. The van der Waals surface area contributed by atoms with Crippen molar-refractivity contribution in [2.45, 2.75) is 6.92 Å². The Hall–Kier alpha value is -2.96. The number of carbonyl (C=O) groups is 2. The van der Waals surface area contributed by atoms with Gasteiger partial charge in [0.25, 0.3) is 0 Å². The highest BCUT2D eigenvalue weighted by Gasteiger charge is 2.11. The number of aromatic nitrogens is 2. The molecule has 0 saturated carbocycles. The maximum absolute atomic E-state index is 11.0. The molecule has 2 heterocycles. The molecule has 0 aliphatic carbocycles. The van der Waals surface area contributed by atoms with Gasteiger partial charge < -0.3 is 10.4 Å². The molecule has 0 atom stereocenters. The summed E-state index contributed by atoms with van der Waals surface area (Å²) in [5.74, 6) is -0.0229. The van der Waals surface area contributed by atoms with E-state index >= 15 is 0 Å². The molecule has 0 aliphatic heterocycles. The first-order valence-electron chi connectivity index (χ1n) is 5.75. The fraction of sp³-hybridized carbons (Fsp3) is 0.0769. The standard InChI is InChI=1S/C13H12N4O3/c1-8(18)16-12-6-11(17-13(19)20)9(7-15-12)10-4-2-3-5-14-10/h2-7H,1H3,(H,19,20)(H2,15,16,17,18). The molecule has 2 aromatic heterocycles. The SMILES string of the molecule is CC(=O)Nc1cc(NC(=O)O)c(-c2ccccn2)cn1. The molecule has 2 amide bonds. The molecule has 0 radical (unpaired) electrons. The fourth-order valence-corrected chi connectivity index (χ4v) is 1.65. The third-order valence-electron chi connectivity index (χ3n) is 2.39. The minimum Gasteiger partial charge on any atom is -0.465 e. The van der Waals surface area contributed by atoms with Gasteiger partial charge in [-0.15, -0.1) is 0 Å². The van der Waals surface area contributed by atoms with E-state index in [-0.39, 0.29) is 11.7 Å². The zero-order valence-corrected chi connectivity index (χ0v) is 10.6. The van der Waals surface area contributed by atoms with Gasteiger partial charge in [0, 0.05) is 30.9 Å². The smallest absolute Gasteiger partial charge is 0.409 e. The molecule has 102 valence electrons. The third-order valence-corrected chi connectivity index (χ3v) is 2.39. The van der Waals surface area contributed by atoms with Crippen molar-refractivity contribution in [3.05, 3.63) is 36.7 Å². The first-order valence-corrected chi connectivity index (χ1v) is 5.75. The summed E-state index contributed by atoms with van der Waals surface area (Å²) < 4.78 is 0. The molecule has 0 aliphatic rings. The quantitative estimate of drug-likeness (QED) is 0.794. The summed E-state index contributed by atoms with van der Waals surface area (Å²) in [5, 5.41) is 13.6. The lowest BCUT2D eigenvalue weighted by molar-refractivity contribution is -0.114. The van der Waals surface area contributed by atoms with Crippen molar-refractivity contribution < 1.29 is 14.7 Å². The number of anilines is 2. The lowest BCUT2D eigenvalue weighted by Crippen LogP contribution is -2.11. The van der Waals surface area contributed by atoms with Crippen LogP contribution in [-0.2, 0) is 4.79 Å². The van der Waals surface area contributed by atoms with Crippen molar-refractivity contribution in [1.29, 1.82) is 0 Å². The number of nitrogens with one attached hydrogen (secondary N) is 2. The molecule has 0 bridgehead atoms. The second kappa shape index (κ2) is 5.79. The van der Waals surface area contributed by atoms with Gasteiger partial charge in [0.05, 0.1) is 11.4 Å². The number of hydrogen-bond acceptors (Lipinski definition) is 4. The van der Waals surface area contributed by atoms with Crippen LogP contribution in [0.5, 0.6) is 0 Å². The van der Waals surface area contributed by atoms with E-state index in [0.717, 1.165) is 0 Å². The Morgan fingerprint density at radius 2 is 2.00 bits per heavy atom. The Balaban J connectivity index is 2.45. The van der Waals surface area contributed by atoms with Crippen molar-refractivity contribution in [2.24, 2.45) is 0 Å². The first-order chi connectivity index (χ1) is 9.56. The average Bonchev–Trinajstić information content (AvgIpc) is 2.38. The van der Waals surface area contributed by atoms with Gasteiger partial charge in [0.1, 0.15) is 5.82 Å². The largest absolute Gasteiger partial charge is 0.465 e. The van der Waals surface area contributed by atoms with E-state index in [2.05, 4.69) is 20.6 Å². The van der Waals surface area contributed by atoms with Crippen LogP contribution in [0.2, 0.25) is 0 Å². The maximum Gasteiger partial charge on any atom is 0.409 e. The lowest BCUT2D eigenvalue weighted by Gasteiger charge is -2.10. The summed E-state index contributed by atoms with van der Waals surface area (Å²) in [4.78, 5) is 30.1. The van der Waals surface area contributed by atoms with Crippen LogP contribution in [-0.4, -0.2) is 27.1 Å². The zero-order chi connectivity index (χ0) is 14.5. The molecular weight excluding hydrogens is 260 g/mol. The van der Waals surface area contributed by atoms with E-state index in [9.17, 15) is 9.59 Å². The maximum atomic E-state index is 11.0. The molecule has 0 aromatic carbocycles. The molecule has 0 saturated heterocycles. The normalized spacial score (nSPS) is 9.85. The summed E-state index contributed by atoms with van der Waals surface area (Å²) in [6, 6.07) is 6.73. The monoisotopic (exact) mass is 272 g/mol. The summed E-state index contributed by atoms with van der Waals surface area (Å²) >= 11 is 0. The second-order valence-electron chi connectivity index (χ2n) is 3.94. The molecule has 2 aromatic rings. The molecule has 7 heteroatoms. The van der Waals surface area contributed by atoms with Crippen LogP contribution in [0.4, 0.5) is 16.3 Å².